The molecule has 0 fully saturated rings. The summed E-state index contributed by atoms with van der Waals surface area (Å²) >= 11 is 0. The smallest absolute Gasteiger partial charge is 0.161 e. The molecule has 0 aliphatic carbocycles. The van der Waals surface area contributed by atoms with Crippen molar-refractivity contribution >= 4 is 0 Å². The van der Waals surface area contributed by atoms with Crippen LogP contribution in [-0.4, -0.2) is 53.5 Å². The fourth-order valence-corrected chi connectivity index (χ4v) is 4.24. The van der Waals surface area contributed by atoms with Crippen LogP contribution >= 0.6 is 0 Å². The summed E-state index contributed by atoms with van der Waals surface area (Å²) < 4.78 is 23.2. The molecule has 0 aliphatic heterocycles. The van der Waals surface area contributed by atoms with Gasteiger partial charge >= 0.3 is 0 Å². The Morgan fingerprint density at radius 2 is 1.19 bits per heavy atom. The number of aliphatic hydroxyl groups is 1. The van der Waals surface area contributed by atoms with E-state index in [0.717, 1.165) is 17.7 Å². The monoisotopic (exact) mass is 512 g/mol. The van der Waals surface area contributed by atoms with E-state index in [4.69, 9.17) is 18.9 Å². The topological polar surface area (TPSA) is 118 Å². The minimum absolute atomic E-state index is 0.0780. The van der Waals surface area contributed by atoms with Crippen LogP contribution in [0.2, 0.25) is 0 Å². The first-order chi connectivity index (χ1) is 17.6. The highest BCUT2D eigenvalue weighted by Crippen LogP contribution is 2.45. The number of aromatic hydroxyl groups is 3. The Labute approximate surface area is 217 Å². The van der Waals surface area contributed by atoms with E-state index in [0.29, 0.717) is 28.6 Å². The molecule has 3 rings (SSSR count). The number of benzene rings is 3. The zero-order valence-electron chi connectivity index (χ0n) is 22.1. The number of aliphatic hydroxyl groups excluding tert-OH is 1. The normalized spacial score (nSPS) is 12.9. The van der Waals surface area contributed by atoms with E-state index in [9.17, 15) is 20.4 Å². The molecule has 4 N–H and O–H groups in total. The Bertz CT molecular complexity index is 1180. The molecule has 0 spiro atoms. The molecular formula is C29H36O8. The fraction of sp³-hybridized carbons (Fsp3) is 0.379. The van der Waals surface area contributed by atoms with Gasteiger partial charge in [-0.05, 0) is 55.2 Å². The molecule has 0 aliphatic rings. The first kappa shape index (κ1) is 27.8. The predicted octanol–water partition coefficient (Wildman–Crippen LogP) is 5.30. The maximum atomic E-state index is 10.8. The van der Waals surface area contributed by atoms with Crippen molar-refractivity contribution < 1.29 is 39.4 Å². The van der Waals surface area contributed by atoms with Gasteiger partial charge in [-0.2, -0.15) is 0 Å². The van der Waals surface area contributed by atoms with Gasteiger partial charge in [-0.1, -0.05) is 26.0 Å². The lowest BCUT2D eigenvalue weighted by molar-refractivity contribution is 0.0981. The summed E-state index contributed by atoms with van der Waals surface area (Å²) in [5, 5.41) is 41.9. The standard InChI is InChI=1S/C29H36O8/c1-16(2)18-7-9-24(25(11-18)34-5)37-27(15-30)28(29-21(32)13-20(31)14-22(29)33)19-8-10-23(36-17(3)4)26(12-19)35-6/h7-14,16-17,27-28,30-33H,15H2,1-6H3. The van der Waals surface area contributed by atoms with E-state index >= 15 is 0 Å². The largest absolute Gasteiger partial charge is 0.508 e. The average molecular weight is 513 g/mol. The summed E-state index contributed by atoms with van der Waals surface area (Å²) in [5.41, 5.74) is 1.70. The van der Waals surface area contributed by atoms with Crippen LogP contribution in [0.15, 0.2) is 48.5 Å². The number of rotatable bonds is 11. The van der Waals surface area contributed by atoms with Crippen molar-refractivity contribution in [2.24, 2.45) is 0 Å². The highest BCUT2D eigenvalue weighted by Gasteiger charge is 2.33. The van der Waals surface area contributed by atoms with Gasteiger partial charge in [0.2, 0.25) is 0 Å². The molecule has 0 heterocycles. The average Bonchev–Trinajstić information content (AvgIpc) is 2.84. The number of methoxy groups -OCH3 is 2. The minimum atomic E-state index is -0.971. The number of phenols is 3. The second-order valence-electron chi connectivity index (χ2n) is 9.36. The summed E-state index contributed by atoms with van der Waals surface area (Å²) in [6.45, 7) is 7.47. The van der Waals surface area contributed by atoms with Crippen molar-refractivity contribution in [3.05, 3.63) is 65.2 Å². The van der Waals surface area contributed by atoms with Gasteiger partial charge in [0, 0.05) is 17.7 Å². The van der Waals surface area contributed by atoms with E-state index in [1.54, 1.807) is 24.3 Å². The molecule has 3 aromatic carbocycles. The highest BCUT2D eigenvalue weighted by molar-refractivity contribution is 5.56. The first-order valence-corrected chi connectivity index (χ1v) is 12.1. The van der Waals surface area contributed by atoms with Gasteiger partial charge in [0.05, 0.1) is 32.8 Å². The van der Waals surface area contributed by atoms with Crippen molar-refractivity contribution in [1.29, 1.82) is 0 Å². The molecule has 0 saturated carbocycles. The quantitative estimate of drug-likeness (QED) is 0.273. The zero-order chi connectivity index (χ0) is 27.3. The van der Waals surface area contributed by atoms with Gasteiger partial charge in [0.1, 0.15) is 23.4 Å². The molecule has 0 saturated heterocycles. The third kappa shape index (κ3) is 6.32. The molecule has 2 unspecified atom stereocenters. The van der Waals surface area contributed by atoms with E-state index in [-0.39, 0.29) is 34.8 Å². The molecule has 2 atom stereocenters. The molecule has 3 aromatic rings. The Morgan fingerprint density at radius 3 is 1.68 bits per heavy atom. The third-order valence-electron chi connectivity index (χ3n) is 6.03. The summed E-state index contributed by atoms with van der Waals surface area (Å²) in [5.74, 6) is 0.220. The van der Waals surface area contributed by atoms with Crippen molar-refractivity contribution in [2.75, 3.05) is 20.8 Å². The van der Waals surface area contributed by atoms with Crippen molar-refractivity contribution in [3.63, 3.8) is 0 Å². The molecule has 0 bridgehead atoms. The summed E-state index contributed by atoms with van der Waals surface area (Å²) in [6.07, 6.45) is -1.06. The van der Waals surface area contributed by atoms with Crippen molar-refractivity contribution in [3.8, 4) is 40.2 Å². The van der Waals surface area contributed by atoms with Gasteiger partial charge in [0.25, 0.3) is 0 Å². The number of hydrogen-bond acceptors (Lipinski definition) is 8. The van der Waals surface area contributed by atoms with Crippen LogP contribution in [0.1, 0.15) is 56.2 Å². The van der Waals surface area contributed by atoms with E-state index in [1.165, 1.54) is 14.2 Å². The second kappa shape index (κ2) is 12.0. The van der Waals surface area contributed by atoms with Crippen LogP contribution in [0.3, 0.4) is 0 Å². The van der Waals surface area contributed by atoms with Crippen LogP contribution < -0.4 is 18.9 Å². The summed E-state index contributed by atoms with van der Waals surface area (Å²) in [6, 6.07) is 13.0. The lowest BCUT2D eigenvalue weighted by Crippen LogP contribution is -2.30. The molecule has 8 heteroatoms. The Balaban J connectivity index is 2.16. The predicted molar refractivity (Wildman–Crippen MR) is 141 cm³/mol. The van der Waals surface area contributed by atoms with Gasteiger partial charge in [0.15, 0.2) is 23.0 Å². The molecular weight excluding hydrogens is 476 g/mol. The summed E-state index contributed by atoms with van der Waals surface area (Å²) in [4.78, 5) is 0. The van der Waals surface area contributed by atoms with Crippen molar-refractivity contribution in [2.45, 2.75) is 51.7 Å². The molecule has 37 heavy (non-hydrogen) atoms. The van der Waals surface area contributed by atoms with Gasteiger partial charge in [-0.15, -0.1) is 0 Å². The van der Waals surface area contributed by atoms with Crippen molar-refractivity contribution in [1.82, 2.24) is 0 Å². The van der Waals surface area contributed by atoms with Gasteiger partial charge in [-0.25, -0.2) is 0 Å². The van der Waals surface area contributed by atoms with Crippen LogP contribution in [0.4, 0.5) is 0 Å². The second-order valence-corrected chi connectivity index (χ2v) is 9.36. The van der Waals surface area contributed by atoms with Crippen LogP contribution in [-0.2, 0) is 0 Å². The lowest BCUT2D eigenvalue weighted by atomic mass is 9.85. The highest BCUT2D eigenvalue weighted by atomic mass is 16.5. The van der Waals surface area contributed by atoms with Crippen LogP contribution in [0.5, 0.6) is 40.2 Å². The van der Waals surface area contributed by atoms with E-state index in [2.05, 4.69) is 13.8 Å². The van der Waals surface area contributed by atoms with Gasteiger partial charge in [-0.3, -0.25) is 0 Å². The Hall–Kier alpha value is -3.78. The van der Waals surface area contributed by atoms with Crippen LogP contribution in [0.25, 0.3) is 0 Å². The molecule has 0 radical (unpaired) electrons. The first-order valence-electron chi connectivity index (χ1n) is 12.1. The van der Waals surface area contributed by atoms with E-state index < -0.39 is 18.6 Å². The zero-order valence-corrected chi connectivity index (χ0v) is 22.1. The lowest BCUT2D eigenvalue weighted by Gasteiger charge is -2.29. The molecule has 8 nitrogen and oxygen atoms in total. The maximum absolute atomic E-state index is 10.8. The van der Waals surface area contributed by atoms with E-state index in [1.807, 2.05) is 26.0 Å². The van der Waals surface area contributed by atoms with Gasteiger partial charge < -0.3 is 39.4 Å². The molecule has 0 amide bonds. The SMILES string of the molecule is COc1cc(C(c2c(O)cc(O)cc2O)C(CO)Oc2ccc(C(C)C)cc2OC)ccc1OC(C)C. The maximum Gasteiger partial charge on any atom is 0.161 e. The number of phenolic OH excluding ortho intramolecular Hbond substituents is 3. The van der Waals surface area contributed by atoms with Crippen LogP contribution in [0, 0.1) is 0 Å². The fourth-order valence-electron chi connectivity index (χ4n) is 4.24. The summed E-state index contributed by atoms with van der Waals surface area (Å²) in [7, 11) is 3.05. The Morgan fingerprint density at radius 1 is 0.676 bits per heavy atom. The molecule has 0 aromatic heterocycles. The Kier molecular flexibility index (Phi) is 8.99. The number of ether oxygens (including phenoxy) is 4. The molecule has 200 valence electrons. The minimum Gasteiger partial charge on any atom is -0.508 e. The number of hydrogen-bond donors (Lipinski definition) is 4. The third-order valence-corrected chi connectivity index (χ3v) is 6.03.